The molecule has 0 N–H and O–H groups in total. The van der Waals surface area contributed by atoms with Gasteiger partial charge in [0, 0.05) is 12.2 Å². The van der Waals surface area contributed by atoms with Gasteiger partial charge in [-0.25, -0.2) is 9.59 Å². The summed E-state index contributed by atoms with van der Waals surface area (Å²) in [5.74, 6) is -1.07. The summed E-state index contributed by atoms with van der Waals surface area (Å²) in [4.78, 5) is 21.5. The molecule has 0 spiro atoms. The van der Waals surface area contributed by atoms with Gasteiger partial charge >= 0.3 is 11.9 Å². The van der Waals surface area contributed by atoms with Gasteiger partial charge in [0.15, 0.2) is 0 Å². The first kappa shape index (κ1) is 12.7. The van der Waals surface area contributed by atoms with Crippen LogP contribution in [-0.4, -0.2) is 25.7 Å². The number of carbonyl (C=O) groups excluding carboxylic acids is 2. The SMILES string of the molecule is CCCCCOC(=O)C=CC(=O)OC. The summed E-state index contributed by atoms with van der Waals surface area (Å²) in [5.41, 5.74) is 0. The van der Waals surface area contributed by atoms with Crippen LogP contribution in [0.3, 0.4) is 0 Å². The van der Waals surface area contributed by atoms with Crippen molar-refractivity contribution in [2.45, 2.75) is 26.2 Å². The van der Waals surface area contributed by atoms with Gasteiger partial charge in [0.25, 0.3) is 0 Å². The lowest BCUT2D eigenvalue weighted by Crippen LogP contribution is -2.04. The first-order valence-corrected chi connectivity index (χ1v) is 4.63. The zero-order chi connectivity index (χ0) is 10.8. The van der Waals surface area contributed by atoms with E-state index >= 15 is 0 Å². The Morgan fingerprint density at radius 1 is 1.14 bits per heavy atom. The number of unbranched alkanes of at least 4 members (excludes halogenated alkanes) is 2. The summed E-state index contributed by atoms with van der Waals surface area (Å²) in [6, 6.07) is 0. The van der Waals surface area contributed by atoms with Crippen LogP contribution < -0.4 is 0 Å². The molecule has 0 aliphatic rings. The topological polar surface area (TPSA) is 52.6 Å². The zero-order valence-electron chi connectivity index (χ0n) is 8.62. The standard InChI is InChI=1S/C10H16O4/c1-3-4-5-8-14-10(12)7-6-9(11)13-2/h6-7H,3-5,8H2,1-2H3. The first-order valence-electron chi connectivity index (χ1n) is 4.63. The Morgan fingerprint density at radius 3 is 2.36 bits per heavy atom. The lowest BCUT2D eigenvalue weighted by molar-refractivity contribution is -0.139. The van der Waals surface area contributed by atoms with E-state index in [1.165, 1.54) is 7.11 Å². The van der Waals surface area contributed by atoms with Gasteiger partial charge in [0.2, 0.25) is 0 Å². The van der Waals surface area contributed by atoms with Gasteiger partial charge in [0.05, 0.1) is 13.7 Å². The van der Waals surface area contributed by atoms with Gasteiger partial charge < -0.3 is 9.47 Å². The Hall–Kier alpha value is -1.32. The summed E-state index contributed by atoms with van der Waals surface area (Å²) in [7, 11) is 1.25. The minimum atomic E-state index is -0.560. The fraction of sp³-hybridized carbons (Fsp3) is 0.600. The number of esters is 2. The third-order valence-electron chi connectivity index (χ3n) is 1.55. The molecule has 0 aromatic heterocycles. The molecule has 0 aliphatic heterocycles. The van der Waals surface area contributed by atoms with Crippen LogP contribution in [0.25, 0.3) is 0 Å². The third kappa shape index (κ3) is 7.34. The first-order chi connectivity index (χ1) is 6.70. The summed E-state index contributed by atoms with van der Waals surface area (Å²) in [6.07, 6.45) is 5.08. The summed E-state index contributed by atoms with van der Waals surface area (Å²) in [5, 5.41) is 0. The molecule has 4 heteroatoms. The zero-order valence-corrected chi connectivity index (χ0v) is 8.62. The third-order valence-corrected chi connectivity index (χ3v) is 1.55. The minimum absolute atomic E-state index is 0.401. The lowest BCUT2D eigenvalue weighted by Gasteiger charge is -1.99. The molecule has 0 amide bonds. The molecule has 0 saturated heterocycles. The molecular formula is C10H16O4. The maximum absolute atomic E-state index is 10.9. The van der Waals surface area contributed by atoms with E-state index in [4.69, 9.17) is 4.74 Å². The molecule has 0 heterocycles. The van der Waals surface area contributed by atoms with Gasteiger partial charge in [-0.05, 0) is 6.42 Å². The second kappa shape index (κ2) is 8.29. The molecule has 80 valence electrons. The van der Waals surface area contributed by atoms with Crippen molar-refractivity contribution in [3.8, 4) is 0 Å². The van der Waals surface area contributed by atoms with Crippen molar-refractivity contribution in [1.29, 1.82) is 0 Å². The number of ether oxygens (including phenoxy) is 2. The molecule has 0 saturated carbocycles. The van der Waals surface area contributed by atoms with Crippen molar-refractivity contribution in [3.05, 3.63) is 12.2 Å². The Morgan fingerprint density at radius 2 is 1.79 bits per heavy atom. The van der Waals surface area contributed by atoms with Gasteiger partial charge in [-0.15, -0.1) is 0 Å². The number of carbonyl (C=O) groups is 2. The fourth-order valence-corrected chi connectivity index (χ4v) is 0.777. The second-order valence-electron chi connectivity index (χ2n) is 2.73. The highest BCUT2D eigenvalue weighted by molar-refractivity contribution is 5.91. The van der Waals surface area contributed by atoms with E-state index in [9.17, 15) is 9.59 Å². The molecule has 0 aliphatic carbocycles. The Kier molecular flexibility index (Phi) is 7.50. The molecule has 0 aromatic rings. The molecule has 0 atom stereocenters. The molecule has 0 fully saturated rings. The number of methoxy groups -OCH3 is 1. The fourth-order valence-electron chi connectivity index (χ4n) is 0.777. The minimum Gasteiger partial charge on any atom is -0.466 e. The van der Waals surface area contributed by atoms with Crippen LogP contribution >= 0.6 is 0 Å². The molecule has 0 aromatic carbocycles. The predicted octanol–water partition coefficient (Wildman–Crippen LogP) is 1.45. The van der Waals surface area contributed by atoms with Crippen LogP contribution in [0.1, 0.15) is 26.2 Å². The average Bonchev–Trinajstić information content (AvgIpc) is 2.21. The van der Waals surface area contributed by atoms with E-state index in [2.05, 4.69) is 11.7 Å². The summed E-state index contributed by atoms with van der Waals surface area (Å²) < 4.78 is 9.12. The molecule has 0 bridgehead atoms. The maximum atomic E-state index is 10.9. The van der Waals surface area contributed by atoms with E-state index in [0.717, 1.165) is 31.4 Å². The summed E-state index contributed by atoms with van der Waals surface area (Å²) in [6.45, 7) is 2.47. The highest BCUT2D eigenvalue weighted by Crippen LogP contribution is 1.94. The predicted molar refractivity (Wildman–Crippen MR) is 51.6 cm³/mol. The molecular weight excluding hydrogens is 184 g/mol. The highest BCUT2D eigenvalue weighted by atomic mass is 16.5. The maximum Gasteiger partial charge on any atom is 0.331 e. The molecule has 4 nitrogen and oxygen atoms in total. The van der Waals surface area contributed by atoms with Crippen LogP contribution in [0.2, 0.25) is 0 Å². The van der Waals surface area contributed by atoms with Crippen molar-refractivity contribution in [2.75, 3.05) is 13.7 Å². The number of hydrogen-bond acceptors (Lipinski definition) is 4. The van der Waals surface area contributed by atoms with Crippen molar-refractivity contribution in [3.63, 3.8) is 0 Å². The van der Waals surface area contributed by atoms with E-state index in [1.54, 1.807) is 0 Å². The largest absolute Gasteiger partial charge is 0.466 e. The van der Waals surface area contributed by atoms with E-state index in [0.29, 0.717) is 6.61 Å². The molecule has 0 radical (unpaired) electrons. The van der Waals surface area contributed by atoms with Gasteiger partial charge in [-0.1, -0.05) is 19.8 Å². The summed E-state index contributed by atoms with van der Waals surface area (Å²) >= 11 is 0. The number of hydrogen-bond donors (Lipinski definition) is 0. The number of rotatable bonds is 6. The second-order valence-corrected chi connectivity index (χ2v) is 2.73. The molecule has 0 unspecified atom stereocenters. The quantitative estimate of drug-likeness (QED) is 0.370. The van der Waals surface area contributed by atoms with Crippen LogP contribution in [-0.2, 0) is 19.1 Å². The van der Waals surface area contributed by atoms with Gasteiger partial charge in [0.1, 0.15) is 0 Å². The van der Waals surface area contributed by atoms with Crippen LogP contribution in [0.15, 0.2) is 12.2 Å². The van der Waals surface area contributed by atoms with Gasteiger partial charge in [-0.2, -0.15) is 0 Å². The molecule has 14 heavy (non-hydrogen) atoms. The normalized spacial score (nSPS) is 10.1. The monoisotopic (exact) mass is 200 g/mol. The Labute approximate surface area is 83.9 Å². The highest BCUT2D eigenvalue weighted by Gasteiger charge is 1.98. The van der Waals surface area contributed by atoms with Crippen molar-refractivity contribution < 1.29 is 19.1 Å². The lowest BCUT2D eigenvalue weighted by atomic mass is 10.3. The Bertz CT molecular complexity index is 208. The van der Waals surface area contributed by atoms with Crippen LogP contribution in [0.4, 0.5) is 0 Å². The van der Waals surface area contributed by atoms with Crippen molar-refractivity contribution in [1.82, 2.24) is 0 Å². The van der Waals surface area contributed by atoms with Crippen molar-refractivity contribution >= 4 is 11.9 Å². The van der Waals surface area contributed by atoms with E-state index < -0.39 is 11.9 Å². The molecule has 0 rings (SSSR count). The van der Waals surface area contributed by atoms with Crippen LogP contribution in [0, 0.1) is 0 Å². The van der Waals surface area contributed by atoms with Gasteiger partial charge in [-0.3, -0.25) is 0 Å². The van der Waals surface area contributed by atoms with Crippen LogP contribution in [0.5, 0.6) is 0 Å². The Balaban J connectivity index is 3.55. The smallest absolute Gasteiger partial charge is 0.331 e. The average molecular weight is 200 g/mol. The van der Waals surface area contributed by atoms with E-state index in [1.807, 2.05) is 0 Å². The van der Waals surface area contributed by atoms with E-state index in [-0.39, 0.29) is 0 Å². The van der Waals surface area contributed by atoms with Crippen molar-refractivity contribution in [2.24, 2.45) is 0 Å².